The molecule has 3 aromatic rings. The molecule has 3 aromatic carbocycles. The first-order valence-corrected chi connectivity index (χ1v) is 12.6. The predicted octanol–water partition coefficient (Wildman–Crippen LogP) is 2.34. The van der Waals surface area contributed by atoms with E-state index < -0.39 is 60.2 Å². The lowest BCUT2D eigenvalue weighted by Crippen LogP contribution is -2.53. The van der Waals surface area contributed by atoms with Gasteiger partial charge in [-0.1, -0.05) is 36.4 Å². The quantitative estimate of drug-likeness (QED) is 0.220. The molecule has 13 nitrogen and oxygen atoms in total. The highest BCUT2D eigenvalue weighted by molar-refractivity contribution is 7.89. The number of carboxylic acid groups (broad SMARTS) is 1. The molecule has 3 rings (SSSR count). The van der Waals surface area contributed by atoms with Crippen molar-refractivity contribution in [3.63, 3.8) is 0 Å². The van der Waals surface area contributed by atoms with Gasteiger partial charge in [0.15, 0.2) is 4.90 Å². The van der Waals surface area contributed by atoms with E-state index in [-0.39, 0.29) is 24.1 Å². The zero-order valence-electron chi connectivity index (χ0n) is 19.9. The number of benzene rings is 3. The van der Waals surface area contributed by atoms with Crippen LogP contribution < -0.4 is 10.0 Å². The third kappa shape index (κ3) is 7.62. The summed E-state index contributed by atoms with van der Waals surface area (Å²) < 4.78 is 41.5. The first-order chi connectivity index (χ1) is 18.4. The van der Waals surface area contributed by atoms with E-state index in [1.807, 2.05) is 0 Å². The van der Waals surface area contributed by atoms with Crippen molar-refractivity contribution in [3.05, 3.63) is 110 Å². The Morgan fingerprint density at radius 1 is 0.846 bits per heavy atom. The van der Waals surface area contributed by atoms with Crippen molar-refractivity contribution >= 4 is 33.3 Å². The monoisotopic (exact) mass is 560 g/mol. The number of para-hydroxylation sites is 1. The minimum Gasteiger partial charge on any atom is -0.480 e. The number of sulfonamides is 1. The minimum absolute atomic E-state index is 0.259. The van der Waals surface area contributed by atoms with Crippen molar-refractivity contribution < 1.29 is 37.4 Å². The molecular formula is C24H21FN4O9S. The molecule has 0 heterocycles. The second-order valence-electron chi connectivity index (χ2n) is 8.26. The molecular weight excluding hydrogens is 539 g/mol. The number of nitro groups is 2. The minimum atomic E-state index is -4.69. The SMILES string of the molecule is O=C(O)[C@H](Cc1ccc(F)cc1)NC(=O)[C@H](Cc1ccc([N+](=O)[O-])cc1)NS(=O)(=O)c1ccccc1[N+](=O)[O-]. The number of non-ortho nitro benzene ring substituents is 1. The van der Waals surface area contributed by atoms with Gasteiger partial charge in [-0.2, -0.15) is 4.72 Å². The maximum Gasteiger partial charge on any atom is 0.326 e. The van der Waals surface area contributed by atoms with Crippen LogP contribution in [0.3, 0.4) is 0 Å². The predicted molar refractivity (Wildman–Crippen MR) is 134 cm³/mol. The molecule has 0 aromatic heterocycles. The number of halogens is 1. The van der Waals surface area contributed by atoms with E-state index in [0.29, 0.717) is 5.56 Å². The number of carbonyl (C=O) groups excluding carboxylic acids is 1. The van der Waals surface area contributed by atoms with E-state index in [1.54, 1.807) is 0 Å². The third-order valence-electron chi connectivity index (χ3n) is 5.52. The number of nitro benzene ring substituents is 2. The summed E-state index contributed by atoms with van der Waals surface area (Å²) in [6.45, 7) is 0. The number of rotatable bonds is 12. The van der Waals surface area contributed by atoms with Crippen LogP contribution in [0.5, 0.6) is 0 Å². The lowest BCUT2D eigenvalue weighted by atomic mass is 10.0. The lowest BCUT2D eigenvalue weighted by molar-refractivity contribution is -0.387. The van der Waals surface area contributed by atoms with Crippen LogP contribution in [0.25, 0.3) is 0 Å². The van der Waals surface area contributed by atoms with Gasteiger partial charge in [-0.15, -0.1) is 0 Å². The molecule has 0 saturated heterocycles. The second kappa shape index (κ2) is 12.2. The molecule has 15 heteroatoms. The number of nitrogens with one attached hydrogen (secondary N) is 2. The van der Waals surface area contributed by atoms with Gasteiger partial charge in [0.2, 0.25) is 15.9 Å². The molecule has 0 saturated carbocycles. The Kier molecular flexibility index (Phi) is 9.00. The van der Waals surface area contributed by atoms with Crippen molar-refractivity contribution in [2.24, 2.45) is 0 Å². The topological polar surface area (TPSA) is 199 Å². The third-order valence-corrected chi connectivity index (χ3v) is 7.04. The van der Waals surface area contributed by atoms with Gasteiger partial charge in [0.1, 0.15) is 17.9 Å². The van der Waals surface area contributed by atoms with Crippen molar-refractivity contribution in [3.8, 4) is 0 Å². The Morgan fingerprint density at radius 2 is 1.38 bits per heavy atom. The van der Waals surface area contributed by atoms with Gasteiger partial charge >= 0.3 is 5.97 Å². The van der Waals surface area contributed by atoms with E-state index in [9.17, 15) is 47.7 Å². The first kappa shape index (κ1) is 28.8. The number of carboxylic acids is 1. The van der Waals surface area contributed by atoms with Crippen LogP contribution in [-0.2, 0) is 32.5 Å². The molecule has 2 atom stereocenters. The van der Waals surface area contributed by atoms with E-state index in [1.165, 1.54) is 36.4 Å². The maximum absolute atomic E-state index is 13.2. The van der Waals surface area contributed by atoms with E-state index in [2.05, 4.69) is 10.0 Å². The smallest absolute Gasteiger partial charge is 0.326 e. The molecule has 3 N–H and O–H groups in total. The summed E-state index contributed by atoms with van der Waals surface area (Å²) in [6.07, 6.45) is -0.644. The largest absolute Gasteiger partial charge is 0.480 e. The van der Waals surface area contributed by atoms with E-state index >= 15 is 0 Å². The van der Waals surface area contributed by atoms with Gasteiger partial charge in [0.05, 0.1) is 9.85 Å². The maximum atomic E-state index is 13.2. The molecule has 1 amide bonds. The highest BCUT2D eigenvalue weighted by Crippen LogP contribution is 2.23. The Hall–Kier alpha value is -4.76. The molecule has 0 radical (unpaired) electrons. The number of carbonyl (C=O) groups is 2. The molecule has 0 unspecified atom stereocenters. The summed E-state index contributed by atoms with van der Waals surface area (Å²) in [7, 11) is -4.69. The summed E-state index contributed by atoms with van der Waals surface area (Å²) in [5.74, 6) is -3.09. The first-order valence-electron chi connectivity index (χ1n) is 11.1. The number of amides is 1. The highest BCUT2D eigenvalue weighted by Gasteiger charge is 2.33. The normalized spacial score (nSPS) is 12.7. The summed E-state index contributed by atoms with van der Waals surface area (Å²) in [4.78, 5) is 45.1. The van der Waals surface area contributed by atoms with Crippen molar-refractivity contribution in [1.29, 1.82) is 0 Å². The number of hydrogen-bond acceptors (Lipinski definition) is 8. The Bertz CT molecular complexity index is 1500. The Morgan fingerprint density at radius 3 is 1.92 bits per heavy atom. The average molecular weight is 561 g/mol. The number of hydrogen-bond donors (Lipinski definition) is 3. The molecule has 0 aliphatic carbocycles. The van der Waals surface area contributed by atoms with E-state index in [4.69, 9.17) is 0 Å². The Labute approximate surface area is 220 Å². The molecule has 204 valence electrons. The molecule has 0 spiro atoms. The summed E-state index contributed by atoms with van der Waals surface area (Å²) in [5, 5.41) is 34.2. The van der Waals surface area contributed by atoms with Crippen molar-refractivity contribution in [1.82, 2.24) is 10.0 Å². The van der Waals surface area contributed by atoms with Gasteiger partial charge in [-0.05, 0) is 35.7 Å². The Balaban J connectivity index is 1.93. The fourth-order valence-electron chi connectivity index (χ4n) is 3.59. The van der Waals surface area contributed by atoms with Gasteiger partial charge in [0, 0.05) is 24.6 Å². The van der Waals surface area contributed by atoms with Crippen LogP contribution in [0, 0.1) is 26.0 Å². The summed E-state index contributed by atoms with van der Waals surface area (Å²) >= 11 is 0. The van der Waals surface area contributed by atoms with Crippen LogP contribution in [0.4, 0.5) is 15.8 Å². The molecule has 39 heavy (non-hydrogen) atoms. The lowest BCUT2D eigenvalue weighted by Gasteiger charge is -2.22. The summed E-state index contributed by atoms with van der Waals surface area (Å²) in [5.41, 5.74) is -0.363. The highest BCUT2D eigenvalue weighted by atomic mass is 32.2. The van der Waals surface area contributed by atoms with Gasteiger partial charge in [0.25, 0.3) is 11.4 Å². The van der Waals surface area contributed by atoms with Crippen LogP contribution in [0.15, 0.2) is 77.7 Å². The fourth-order valence-corrected chi connectivity index (χ4v) is 4.96. The summed E-state index contributed by atoms with van der Waals surface area (Å²) in [6, 6.07) is 10.9. The van der Waals surface area contributed by atoms with Crippen LogP contribution in [-0.4, -0.2) is 47.3 Å². The molecule has 0 aliphatic heterocycles. The van der Waals surface area contributed by atoms with Crippen molar-refractivity contribution in [2.75, 3.05) is 0 Å². The van der Waals surface area contributed by atoms with Crippen LogP contribution >= 0.6 is 0 Å². The molecule has 0 fully saturated rings. The number of aliphatic carboxylic acids is 1. The molecule has 0 bridgehead atoms. The average Bonchev–Trinajstić information content (AvgIpc) is 2.89. The van der Waals surface area contributed by atoms with Gasteiger partial charge in [-0.3, -0.25) is 25.0 Å². The van der Waals surface area contributed by atoms with Gasteiger partial charge < -0.3 is 10.4 Å². The molecule has 0 aliphatic rings. The van der Waals surface area contributed by atoms with Gasteiger partial charge in [-0.25, -0.2) is 17.6 Å². The fraction of sp³-hybridized carbons (Fsp3) is 0.167. The zero-order chi connectivity index (χ0) is 28.7. The standard InChI is InChI=1S/C24H21FN4O9S/c25-17-9-5-15(6-10-17)14-20(24(31)32)26-23(30)19(13-16-7-11-18(12-8-16)28(33)34)27-39(37,38)22-4-2-1-3-21(22)29(35)36/h1-12,19-20,27H,13-14H2,(H,26,30)(H,31,32)/t19-,20-/m0/s1. The van der Waals surface area contributed by atoms with Crippen molar-refractivity contribution in [2.45, 2.75) is 29.8 Å². The number of nitrogens with zero attached hydrogens (tertiary/aromatic N) is 2. The van der Waals surface area contributed by atoms with Crippen LogP contribution in [0.1, 0.15) is 11.1 Å². The zero-order valence-corrected chi connectivity index (χ0v) is 20.7. The van der Waals surface area contributed by atoms with E-state index in [0.717, 1.165) is 36.4 Å². The van der Waals surface area contributed by atoms with Crippen LogP contribution in [0.2, 0.25) is 0 Å². The second-order valence-corrected chi connectivity index (χ2v) is 9.94.